The Hall–Kier alpha value is -3.51. The number of hydrogen-bond acceptors (Lipinski definition) is 8. The van der Waals surface area contributed by atoms with Gasteiger partial charge < -0.3 is 20.7 Å². The second kappa shape index (κ2) is 10.4. The van der Waals surface area contributed by atoms with Gasteiger partial charge in [0, 0.05) is 23.9 Å². The summed E-state index contributed by atoms with van der Waals surface area (Å²) in [6.45, 7) is 9.35. The van der Waals surface area contributed by atoms with Crippen LogP contribution in [0.2, 0.25) is 0 Å². The van der Waals surface area contributed by atoms with Crippen LogP contribution in [-0.2, 0) is 24.4 Å². The smallest absolute Gasteiger partial charge is 0.259 e. The summed E-state index contributed by atoms with van der Waals surface area (Å²) < 4.78 is 33.3. The second-order valence-corrected chi connectivity index (χ2v) is 14.3. The minimum Gasteiger partial charge on any atom is -0.472 e. The molecule has 5 rings (SSSR count). The van der Waals surface area contributed by atoms with Gasteiger partial charge in [-0.05, 0) is 42.2 Å². The summed E-state index contributed by atoms with van der Waals surface area (Å²) in [5.74, 6) is -1.86. The number of amides is 3. The van der Waals surface area contributed by atoms with E-state index >= 15 is 0 Å². The molecule has 2 heterocycles. The Labute approximate surface area is 239 Å². The molecule has 41 heavy (non-hydrogen) atoms. The van der Waals surface area contributed by atoms with E-state index in [1.165, 1.54) is 11.0 Å². The van der Waals surface area contributed by atoms with Crippen molar-refractivity contribution in [3.63, 3.8) is 0 Å². The summed E-state index contributed by atoms with van der Waals surface area (Å²) in [7, 11) is -3.82. The number of nitrogens with one attached hydrogen (secondary N) is 2. The molecule has 12 heteroatoms. The molecular formula is C29H37N5O6S. The highest BCUT2D eigenvalue weighted by atomic mass is 32.2. The maximum Gasteiger partial charge on any atom is 0.259 e. The maximum atomic E-state index is 13.8. The van der Waals surface area contributed by atoms with Gasteiger partial charge in [-0.2, -0.15) is 0 Å². The number of nitrogens with zero attached hydrogens (tertiary/aromatic N) is 2. The van der Waals surface area contributed by atoms with E-state index < -0.39 is 68.1 Å². The molecule has 2 aromatic rings. The lowest BCUT2D eigenvalue weighted by Crippen LogP contribution is -2.59. The van der Waals surface area contributed by atoms with Gasteiger partial charge >= 0.3 is 0 Å². The Morgan fingerprint density at radius 2 is 1.93 bits per heavy atom. The number of carbonyl (C=O) groups excluding carboxylic acids is 3. The first-order valence-electron chi connectivity index (χ1n) is 13.8. The number of pyridine rings is 1. The first kappa shape index (κ1) is 29.0. The van der Waals surface area contributed by atoms with Crippen LogP contribution in [0, 0.1) is 11.3 Å². The van der Waals surface area contributed by atoms with Gasteiger partial charge in [0.15, 0.2) is 0 Å². The Morgan fingerprint density at radius 3 is 2.56 bits per heavy atom. The minimum atomic E-state index is -3.82. The van der Waals surface area contributed by atoms with Crippen LogP contribution in [0.3, 0.4) is 0 Å². The number of sulfonamides is 1. The Morgan fingerprint density at radius 1 is 1.22 bits per heavy atom. The van der Waals surface area contributed by atoms with Gasteiger partial charge in [-0.25, -0.2) is 13.4 Å². The van der Waals surface area contributed by atoms with Crippen LogP contribution in [0.5, 0.6) is 5.88 Å². The number of rotatable bonds is 9. The van der Waals surface area contributed by atoms with Gasteiger partial charge in [-0.1, -0.05) is 45.0 Å². The lowest BCUT2D eigenvalue weighted by molar-refractivity contribution is -0.142. The van der Waals surface area contributed by atoms with Crippen LogP contribution < -0.4 is 20.5 Å². The van der Waals surface area contributed by atoms with E-state index in [2.05, 4.69) is 21.6 Å². The first-order chi connectivity index (χ1) is 19.3. The molecule has 0 spiro atoms. The van der Waals surface area contributed by atoms with Gasteiger partial charge in [0.1, 0.15) is 17.7 Å². The average molecular weight is 584 g/mol. The van der Waals surface area contributed by atoms with Crippen LogP contribution >= 0.6 is 0 Å². The fourth-order valence-electron chi connectivity index (χ4n) is 5.29. The average Bonchev–Trinajstić information content (AvgIpc) is 3.84. The van der Waals surface area contributed by atoms with Crippen molar-refractivity contribution in [2.45, 2.75) is 75.4 Å². The van der Waals surface area contributed by atoms with Crippen molar-refractivity contribution < 1.29 is 27.5 Å². The van der Waals surface area contributed by atoms with Crippen LogP contribution in [0.25, 0.3) is 10.8 Å². The zero-order valence-corrected chi connectivity index (χ0v) is 24.3. The van der Waals surface area contributed by atoms with E-state index in [1.54, 1.807) is 6.20 Å². The van der Waals surface area contributed by atoms with E-state index in [0.29, 0.717) is 18.7 Å². The number of aromatic nitrogens is 1. The SMILES string of the molecule is C=CC1CC1(NC(=O)C1CC(Oc2nccc3ccccc23)CN1C(=O)C(N)C(C)(C)C)C(=O)NS(=O)(=O)C1CC1. The standard InChI is InChI=1S/C29H37N5O6S/c1-5-18-15-29(18,27(37)33-41(38,39)20-10-11-20)32-24(35)22-14-19(16-34(22)26(36)23(30)28(2,3)4)40-25-21-9-7-6-8-17(21)12-13-31-25/h5-9,12-13,18-20,22-23H,1,10-11,14-16,30H2,2-4H3,(H,32,35)(H,33,37). The van der Waals surface area contributed by atoms with Crippen LogP contribution in [0.15, 0.2) is 49.2 Å². The van der Waals surface area contributed by atoms with Crippen molar-refractivity contribution in [1.82, 2.24) is 19.9 Å². The van der Waals surface area contributed by atoms with Crippen LogP contribution in [0.1, 0.15) is 46.5 Å². The number of likely N-dealkylation sites (tertiary alicyclic amines) is 1. The van der Waals surface area contributed by atoms with Crippen molar-refractivity contribution in [3.8, 4) is 5.88 Å². The summed E-state index contributed by atoms with van der Waals surface area (Å²) in [5.41, 5.74) is 4.29. The first-order valence-corrected chi connectivity index (χ1v) is 15.4. The Balaban J connectivity index is 1.39. The molecule has 2 saturated carbocycles. The summed E-state index contributed by atoms with van der Waals surface area (Å²) in [6, 6.07) is 7.58. The number of nitrogens with two attached hydrogens (primary N) is 1. The van der Waals surface area contributed by atoms with Crippen LogP contribution in [0.4, 0.5) is 0 Å². The monoisotopic (exact) mass is 583 g/mol. The van der Waals surface area contributed by atoms with E-state index in [4.69, 9.17) is 10.5 Å². The van der Waals surface area contributed by atoms with Crippen molar-refractivity contribution in [2.75, 3.05) is 6.54 Å². The molecule has 1 saturated heterocycles. The molecule has 5 atom stereocenters. The molecule has 0 bridgehead atoms. The normalized spacial score (nSPS) is 26.7. The topological polar surface area (TPSA) is 161 Å². The number of fused-ring (bicyclic) bond motifs is 1. The molecule has 3 fully saturated rings. The predicted molar refractivity (Wildman–Crippen MR) is 153 cm³/mol. The lowest BCUT2D eigenvalue weighted by atomic mass is 9.86. The molecule has 4 N–H and O–H groups in total. The van der Waals surface area contributed by atoms with Crippen molar-refractivity contribution in [3.05, 3.63) is 49.2 Å². The third-order valence-electron chi connectivity index (χ3n) is 8.21. The highest BCUT2D eigenvalue weighted by Crippen LogP contribution is 2.45. The largest absolute Gasteiger partial charge is 0.472 e. The van der Waals surface area contributed by atoms with Gasteiger partial charge in [-0.3, -0.25) is 19.1 Å². The van der Waals surface area contributed by atoms with Gasteiger partial charge in [0.2, 0.25) is 27.7 Å². The Kier molecular flexibility index (Phi) is 7.35. The zero-order valence-electron chi connectivity index (χ0n) is 23.5. The quantitative estimate of drug-likeness (QED) is 0.376. The van der Waals surface area contributed by atoms with E-state index in [9.17, 15) is 22.8 Å². The molecule has 5 unspecified atom stereocenters. The van der Waals surface area contributed by atoms with Gasteiger partial charge in [0.05, 0.1) is 17.8 Å². The summed E-state index contributed by atoms with van der Waals surface area (Å²) >= 11 is 0. The lowest BCUT2D eigenvalue weighted by Gasteiger charge is -2.33. The molecule has 1 aromatic carbocycles. The highest BCUT2D eigenvalue weighted by molar-refractivity contribution is 7.91. The van der Waals surface area contributed by atoms with Crippen molar-refractivity contribution in [2.24, 2.45) is 17.1 Å². The summed E-state index contributed by atoms with van der Waals surface area (Å²) in [6.07, 6.45) is 3.91. The predicted octanol–water partition coefficient (Wildman–Crippen LogP) is 1.63. The molecule has 11 nitrogen and oxygen atoms in total. The zero-order chi connectivity index (χ0) is 29.7. The summed E-state index contributed by atoms with van der Waals surface area (Å²) in [4.78, 5) is 46.4. The van der Waals surface area contributed by atoms with Crippen LogP contribution in [-0.4, -0.2) is 71.5 Å². The fraction of sp³-hybridized carbons (Fsp3) is 0.517. The molecule has 2 aliphatic carbocycles. The molecule has 1 aliphatic heterocycles. The summed E-state index contributed by atoms with van der Waals surface area (Å²) in [5, 5.41) is 3.91. The van der Waals surface area contributed by atoms with E-state index in [-0.39, 0.29) is 19.4 Å². The van der Waals surface area contributed by atoms with Crippen molar-refractivity contribution >= 4 is 38.5 Å². The number of benzene rings is 1. The molecule has 0 radical (unpaired) electrons. The van der Waals surface area contributed by atoms with E-state index in [0.717, 1.165) is 10.8 Å². The molecule has 3 amide bonds. The number of ether oxygens (including phenoxy) is 1. The third kappa shape index (κ3) is 5.67. The highest BCUT2D eigenvalue weighted by Gasteiger charge is 2.62. The Bertz CT molecular complexity index is 1500. The number of hydrogen-bond donors (Lipinski definition) is 3. The number of carbonyl (C=O) groups is 3. The van der Waals surface area contributed by atoms with Gasteiger partial charge in [-0.15, -0.1) is 6.58 Å². The van der Waals surface area contributed by atoms with Gasteiger partial charge in [0.25, 0.3) is 5.91 Å². The van der Waals surface area contributed by atoms with E-state index in [1.807, 2.05) is 51.1 Å². The molecular weight excluding hydrogens is 546 g/mol. The fourth-order valence-corrected chi connectivity index (χ4v) is 6.65. The molecule has 220 valence electrons. The van der Waals surface area contributed by atoms with Crippen molar-refractivity contribution in [1.29, 1.82) is 0 Å². The third-order valence-corrected chi connectivity index (χ3v) is 10.0. The molecule has 1 aromatic heterocycles. The minimum absolute atomic E-state index is 0.0890. The maximum absolute atomic E-state index is 13.8. The second-order valence-electron chi connectivity index (χ2n) is 12.3. The molecule has 3 aliphatic rings.